The number of nitrogens with one attached hydrogen (secondary N) is 1. The first-order chi connectivity index (χ1) is 17.9. The van der Waals surface area contributed by atoms with Crippen molar-refractivity contribution in [1.82, 2.24) is 15.2 Å². The van der Waals surface area contributed by atoms with E-state index in [-0.39, 0.29) is 11.7 Å². The number of aromatic nitrogens is 1. The molecular weight excluding hydrogens is 458 g/mol. The summed E-state index contributed by atoms with van der Waals surface area (Å²) in [5.41, 5.74) is 9.04. The molecule has 1 aromatic heterocycles. The van der Waals surface area contributed by atoms with Crippen molar-refractivity contribution in [3.63, 3.8) is 0 Å². The van der Waals surface area contributed by atoms with Gasteiger partial charge < -0.3 is 10.4 Å². The number of hydrogen-bond acceptors (Lipinski definition) is 4. The first-order valence-corrected chi connectivity index (χ1v) is 13.5. The minimum atomic E-state index is -0.102. The van der Waals surface area contributed by atoms with Crippen LogP contribution < -0.4 is 5.32 Å². The van der Waals surface area contributed by atoms with Gasteiger partial charge in [-0.05, 0) is 111 Å². The Hall–Kier alpha value is -3.44. The number of aliphatic hydroxyl groups is 1. The predicted octanol–water partition coefficient (Wildman–Crippen LogP) is 6.81. The number of piperidine rings is 1. The monoisotopic (exact) mass is 495 g/mol. The molecule has 37 heavy (non-hydrogen) atoms. The van der Waals surface area contributed by atoms with Crippen molar-refractivity contribution >= 4 is 11.5 Å². The molecule has 0 radical (unpaired) electrons. The maximum Gasteiger partial charge on any atom is 0.256 e. The van der Waals surface area contributed by atoms with Gasteiger partial charge in [-0.15, -0.1) is 0 Å². The van der Waals surface area contributed by atoms with Crippen LogP contribution in [0.4, 0.5) is 0 Å². The molecule has 1 atom stereocenters. The molecular formula is C32H37N3O2. The number of carbonyl (C=O) groups excluding carboxylic acids is 1. The molecule has 1 aliphatic heterocycles. The van der Waals surface area contributed by atoms with Gasteiger partial charge in [0.05, 0.1) is 0 Å². The summed E-state index contributed by atoms with van der Waals surface area (Å²) >= 11 is 0. The fourth-order valence-corrected chi connectivity index (χ4v) is 5.74. The van der Waals surface area contributed by atoms with Crippen LogP contribution >= 0.6 is 0 Å². The molecule has 2 aromatic rings. The smallest absolute Gasteiger partial charge is 0.256 e. The highest BCUT2D eigenvalue weighted by atomic mass is 16.3. The van der Waals surface area contributed by atoms with E-state index in [9.17, 15) is 9.90 Å². The highest BCUT2D eigenvalue weighted by molar-refractivity contribution is 6.22. The zero-order valence-corrected chi connectivity index (χ0v) is 22.2. The Labute approximate surface area is 220 Å². The maximum atomic E-state index is 13.6. The molecule has 0 unspecified atom stereocenters. The van der Waals surface area contributed by atoms with Gasteiger partial charge in [0.15, 0.2) is 0 Å². The van der Waals surface area contributed by atoms with Crippen LogP contribution in [0.5, 0.6) is 0 Å². The summed E-state index contributed by atoms with van der Waals surface area (Å²) < 4.78 is 0. The summed E-state index contributed by atoms with van der Waals surface area (Å²) in [5, 5.41) is 13.1. The van der Waals surface area contributed by atoms with E-state index in [1.54, 1.807) is 12.2 Å². The number of likely N-dealkylation sites (tertiary alicyclic amines) is 1. The van der Waals surface area contributed by atoms with Crippen LogP contribution in [0.3, 0.4) is 0 Å². The lowest BCUT2D eigenvalue weighted by Crippen LogP contribution is -2.29. The van der Waals surface area contributed by atoms with Crippen LogP contribution in [-0.4, -0.2) is 34.0 Å². The Kier molecular flexibility index (Phi) is 7.43. The van der Waals surface area contributed by atoms with Gasteiger partial charge in [0.1, 0.15) is 5.76 Å². The molecule has 2 N–H and O–H groups in total. The van der Waals surface area contributed by atoms with E-state index in [0.29, 0.717) is 18.0 Å². The molecule has 5 rings (SSSR count). The van der Waals surface area contributed by atoms with Gasteiger partial charge in [-0.25, -0.2) is 0 Å². The Bertz CT molecular complexity index is 1330. The quantitative estimate of drug-likeness (QED) is 0.478. The van der Waals surface area contributed by atoms with Crippen molar-refractivity contribution in [3.05, 3.63) is 94.2 Å². The summed E-state index contributed by atoms with van der Waals surface area (Å²) in [6.07, 6.45) is 14.6. The molecule has 5 heteroatoms. The molecule has 192 valence electrons. The summed E-state index contributed by atoms with van der Waals surface area (Å²) in [5.74, 6) is 0.508. The van der Waals surface area contributed by atoms with Crippen LogP contribution in [0, 0.1) is 0 Å². The lowest BCUT2D eigenvalue weighted by atomic mass is 9.78. The number of fused-ring (bicyclic) bond motifs is 1. The van der Waals surface area contributed by atoms with Gasteiger partial charge in [0, 0.05) is 35.8 Å². The van der Waals surface area contributed by atoms with Gasteiger partial charge >= 0.3 is 0 Å². The maximum absolute atomic E-state index is 13.6. The zero-order chi connectivity index (χ0) is 25.9. The number of allylic oxidation sites excluding steroid dienone is 5. The highest BCUT2D eigenvalue weighted by Crippen LogP contribution is 2.40. The van der Waals surface area contributed by atoms with Crippen molar-refractivity contribution in [2.75, 3.05) is 13.1 Å². The molecule has 5 nitrogen and oxygen atoms in total. The largest absolute Gasteiger partial charge is 0.508 e. The molecule has 0 spiro atoms. The van der Waals surface area contributed by atoms with Crippen molar-refractivity contribution in [2.24, 2.45) is 0 Å². The SMILES string of the molecule is CC1=C(O)C=CC(NC(=O)C2=C(C)C[C@@H](C)c3ccc(-c4cncc(CN5CCCCC5)c4)cc32)=CC1. The second-order valence-electron chi connectivity index (χ2n) is 10.8. The Morgan fingerprint density at radius 3 is 2.68 bits per heavy atom. The van der Waals surface area contributed by atoms with Crippen molar-refractivity contribution in [3.8, 4) is 11.1 Å². The van der Waals surface area contributed by atoms with Crippen LogP contribution in [0.1, 0.15) is 75.5 Å². The van der Waals surface area contributed by atoms with Gasteiger partial charge in [-0.1, -0.05) is 37.1 Å². The minimum Gasteiger partial charge on any atom is -0.508 e. The fourth-order valence-electron chi connectivity index (χ4n) is 5.74. The first-order valence-electron chi connectivity index (χ1n) is 13.5. The van der Waals surface area contributed by atoms with E-state index in [1.807, 2.05) is 25.4 Å². The second-order valence-corrected chi connectivity index (χ2v) is 10.8. The number of aliphatic hydroxyl groups excluding tert-OH is 1. The van der Waals surface area contributed by atoms with Crippen LogP contribution in [0.15, 0.2) is 77.5 Å². The van der Waals surface area contributed by atoms with Crippen LogP contribution in [0.25, 0.3) is 16.7 Å². The first kappa shape index (κ1) is 25.2. The molecule has 2 aliphatic carbocycles. The fraction of sp³-hybridized carbons (Fsp3) is 0.375. The molecule has 1 fully saturated rings. The third-order valence-corrected chi connectivity index (χ3v) is 7.85. The Morgan fingerprint density at radius 2 is 1.86 bits per heavy atom. The van der Waals surface area contributed by atoms with Gasteiger partial charge in [0.2, 0.25) is 0 Å². The number of rotatable bonds is 5. The number of amides is 1. The van der Waals surface area contributed by atoms with E-state index in [4.69, 9.17) is 0 Å². The standard InChI is InChI=1S/C32H37N3O2/c1-21-7-9-27(10-12-30(21)36)34-32(37)31-23(3)15-22(2)28-11-8-25(17-29(28)31)26-16-24(18-33-19-26)20-35-13-5-4-6-14-35/h8-12,16-19,22,36H,4-7,13-15,20H2,1-3H3,(H,34,37)/t22-/m1/s1. The normalized spacial score (nSPS) is 20.4. The van der Waals surface area contributed by atoms with E-state index < -0.39 is 0 Å². The lowest BCUT2D eigenvalue weighted by molar-refractivity contribution is -0.114. The van der Waals surface area contributed by atoms with E-state index in [1.165, 1.54) is 30.4 Å². The zero-order valence-electron chi connectivity index (χ0n) is 22.2. The van der Waals surface area contributed by atoms with Crippen molar-refractivity contribution in [1.29, 1.82) is 0 Å². The average Bonchev–Trinajstić information content (AvgIpc) is 3.05. The lowest BCUT2D eigenvalue weighted by Gasteiger charge is -2.27. The Morgan fingerprint density at radius 1 is 1.05 bits per heavy atom. The highest BCUT2D eigenvalue weighted by Gasteiger charge is 2.27. The van der Waals surface area contributed by atoms with Gasteiger partial charge in [0.25, 0.3) is 5.91 Å². The number of benzene rings is 1. The molecule has 3 aliphatic rings. The number of nitrogens with zero attached hydrogens (tertiary/aromatic N) is 2. The third-order valence-electron chi connectivity index (χ3n) is 7.85. The number of carbonyl (C=O) groups is 1. The van der Waals surface area contributed by atoms with E-state index >= 15 is 0 Å². The average molecular weight is 496 g/mol. The Balaban J connectivity index is 1.43. The minimum absolute atomic E-state index is 0.102. The third kappa shape index (κ3) is 5.62. The molecule has 2 heterocycles. The summed E-state index contributed by atoms with van der Waals surface area (Å²) in [7, 11) is 0. The van der Waals surface area contributed by atoms with Gasteiger partial charge in [-0.2, -0.15) is 0 Å². The molecule has 1 amide bonds. The molecule has 0 saturated carbocycles. The second kappa shape index (κ2) is 10.9. The summed E-state index contributed by atoms with van der Waals surface area (Å²) in [6, 6.07) is 8.76. The van der Waals surface area contributed by atoms with E-state index in [2.05, 4.69) is 53.3 Å². The predicted molar refractivity (Wildman–Crippen MR) is 150 cm³/mol. The van der Waals surface area contributed by atoms with Crippen molar-refractivity contribution < 1.29 is 9.90 Å². The van der Waals surface area contributed by atoms with Gasteiger partial charge in [-0.3, -0.25) is 14.7 Å². The summed E-state index contributed by atoms with van der Waals surface area (Å²) in [6.45, 7) is 9.43. The number of hydrogen-bond donors (Lipinski definition) is 2. The van der Waals surface area contributed by atoms with Crippen LogP contribution in [-0.2, 0) is 11.3 Å². The molecule has 1 aromatic carbocycles. The molecule has 1 saturated heterocycles. The summed E-state index contributed by atoms with van der Waals surface area (Å²) in [4.78, 5) is 20.7. The van der Waals surface area contributed by atoms with Crippen LogP contribution in [0.2, 0.25) is 0 Å². The topological polar surface area (TPSA) is 65.5 Å². The molecule has 0 bridgehead atoms. The van der Waals surface area contributed by atoms with E-state index in [0.717, 1.165) is 59.5 Å². The number of pyridine rings is 1. The van der Waals surface area contributed by atoms with Crippen molar-refractivity contribution in [2.45, 2.75) is 65.3 Å².